The van der Waals surface area contributed by atoms with Crippen molar-refractivity contribution in [2.24, 2.45) is 0 Å². The summed E-state index contributed by atoms with van der Waals surface area (Å²) in [4.78, 5) is 17.1. The van der Waals surface area contributed by atoms with Crippen LogP contribution in [-0.2, 0) is 23.1 Å². The standard InChI is InChI=1S/C26H28N4O3S/c1-29(2)15-16-30(20-23-13-11-21(18-27)12-14-23)26(31)24-9-6-10-25(17-24)34(32,33)28-19-22-7-4-3-5-8-22/h3-14,17,28H,15-16,19-20H2,1-2H3. The van der Waals surface area contributed by atoms with Crippen LogP contribution in [0.1, 0.15) is 27.0 Å². The van der Waals surface area contributed by atoms with Gasteiger partial charge < -0.3 is 9.80 Å². The van der Waals surface area contributed by atoms with Crippen molar-refractivity contribution in [3.8, 4) is 6.07 Å². The Balaban J connectivity index is 1.80. The Morgan fingerprint density at radius 3 is 2.26 bits per heavy atom. The predicted molar refractivity (Wildman–Crippen MR) is 131 cm³/mol. The van der Waals surface area contributed by atoms with Crippen LogP contribution in [0.4, 0.5) is 0 Å². The number of hydrogen-bond donors (Lipinski definition) is 1. The van der Waals surface area contributed by atoms with Crippen LogP contribution < -0.4 is 4.72 Å². The minimum atomic E-state index is -3.79. The highest BCUT2D eigenvalue weighted by Crippen LogP contribution is 2.16. The van der Waals surface area contributed by atoms with Crippen molar-refractivity contribution < 1.29 is 13.2 Å². The predicted octanol–water partition coefficient (Wildman–Crippen LogP) is 3.24. The highest BCUT2D eigenvalue weighted by molar-refractivity contribution is 7.89. The molecule has 0 aliphatic rings. The number of nitrogens with one attached hydrogen (secondary N) is 1. The molecule has 7 nitrogen and oxygen atoms in total. The largest absolute Gasteiger partial charge is 0.333 e. The van der Waals surface area contributed by atoms with E-state index in [1.807, 2.05) is 61.5 Å². The molecule has 0 aliphatic heterocycles. The first-order valence-electron chi connectivity index (χ1n) is 10.9. The lowest BCUT2D eigenvalue weighted by molar-refractivity contribution is 0.0731. The van der Waals surface area contributed by atoms with E-state index in [0.29, 0.717) is 30.8 Å². The van der Waals surface area contributed by atoms with Crippen molar-refractivity contribution in [3.63, 3.8) is 0 Å². The van der Waals surface area contributed by atoms with Gasteiger partial charge in [-0.2, -0.15) is 5.26 Å². The summed E-state index contributed by atoms with van der Waals surface area (Å²) in [5.74, 6) is -0.258. The normalized spacial score (nSPS) is 11.2. The van der Waals surface area contributed by atoms with E-state index in [4.69, 9.17) is 5.26 Å². The van der Waals surface area contributed by atoms with Crippen LogP contribution in [0.2, 0.25) is 0 Å². The van der Waals surface area contributed by atoms with Crippen molar-refractivity contribution in [1.29, 1.82) is 5.26 Å². The number of amides is 1. The van der Waals surface area contributed by atoms with E-state index in [-0.39, 0.29) is 17.3 Å². The molecule has 1 N–H and O–H groups in total. The van der Waals surface area contributed by atoms with Gasteiger partial charge >= 0.3 is 0 Å². The van der Waals surface area contributed by atoms with Gasteiger partial charge in [0.15, 0.2) is 0 Å². The number of rotatable bonds is 10. The molecule has 176 valence electrons. The number of sulfonamides is 1. The molecule has 0 saturated carbocycles. The highest BCUT2D eigenvalue weighted by Gasteiger charge is 2.20. The van der Waals surface area contributed by atoms with Crippen molar-refractivity contribution >= 4 is 15.9 Å². The molecule has 0 aliphatic carbocycles. The molecule has 0 atom stereocenters. The molecular formula is C26H28N4O3S. The Bertz CT molecular complexity index is 1250. The van der Waals surface area contributed by atoms with Gasteiger partial charge in [0.2, 0.25) is 10.0 Å². The van der Waals surface area contributed by atoms with E-state index in [9.17, 15) is 13.2 Å². The van der Waals surface area contributed by atoms with Crippen LogP contribution in [0, 0.1) is 11.3 Å². The fourth-order valence-electron chi connectivity index (χ4n) is 3.31. The Morgan fingerprint density at radius 2 is 1.62 bits per heavy atom. The first-order chi connectivity index (χ1) is 16.3. The number of benzene rings is 3. The molecule has 1 amide bonds. The zero-order chi connectivity index (χ0) is 24.6. The second kappa shape index (κ2) is 11.6. The van der Waals surface area contributed by atoms with Gasteiger partial charge in [-0.05, 0) is 55.6 Å². The fraction of sp³-hybridized carbons (Fsp3) is 0.231. The van der Waals surface area contributed by atoms with Crippen molar-refractivity contribution in [2.45, 2.75) is 18.0 Å². The lowest BCUT2D eigenvalue weighted by Crippen LogP contribution is -2.36. The maximum absolute atomic E-state index is 13.4. The van der Waals surface area contributed by atoms with Gasteiger partial charge in [0, 0.05) is 31.7 Å². The van der Waals surface area contributed by atoms with Crippen LogP contribution in [0.15, 0.2) is 83.8 Å². The molecule has 0 bridgehead atoms. The molecule has 0 spiro atoms. The number of carbonyl (C=O) groups is 1. The monoisotopic (exact) mass is 476 g/mol. The third kappa shape index (κ3) is 6.99. The summed E-state index contributed by atoms with van der Waals surface area (Å²) in [5.41, 5.74) is 2.58. The van der Waals surface area contributed by atoms with Gasteiger partial charge in [-0.1, -0.05) is 48.5 Å². The number of nitriles is 1. The molecule has 0 radical (unpaired) electrons. The molecule has 8 heteroatoms. The second-order valence-corrected chi connectivity index (χ2v) is 9.94. The van der Waals surface area contributed by atoms with Gasteiger partial charge in [0.05, 0.1) is 16.5 Å². The van der Waals surface area contributed by atoms with E-state index in [1.54, 1.807) is 29.2 Å². The summed E-state index contributed by atoms with van der Waals surface area (Å²) in [6.45, 7) is 1.63. The summed E-state index contributed by atoms with van der Waals surface area (Å²) in [5, 5.41) is 9.01. The van der Waals surface area contributed by atoms with Gasteiger partial charge in [-0.15, -0.1) is 0 Å². The van der Waals surface area contributed by atoms with E-state index in [1.165, 1.54) is 12.1 Å². The van der Waals surface area contributed by atoms with Gasteiger partial charge in [0.25, 0.3) is 5.91 Å². The van der Waals surface area contributed by atoms with E-state index in [2.05, 4.69) is 10.8 Å². The average molecular weight is 477 g/mol. The van der Waals surface area contributed by atoms with Gasteiger partial charge in [-0.3, -0.25) is 4.79 Å². The summed E-state index contributed by atoms with van der Waals surface area (Å²) in [6.07, 6.45) is 0. The molecule has 3 aromatic rings. The lowest BCUT2D eigenvalue weighted by Gasteiger charge is -2.25. The van der Waals surface area contributed by atoms with Gasteiger partial charge in [-0.25, -0.2) is 13.1 Å². The number of nitrogens with zero attached hydrogens (tertiary/aromatic N) is 3. The highest BCUT2D eigenvalue weighted by atomic mass is 32.2. The van der Waals surface area contributed by atoms with Crippen LogP contribution in [-0.4, -0.2) is 51.3 Å². The van der Waals surface area contributed by atoms with Crippen molar-refractivity contribution in [1.82, 2.24) is 14.5 Å². The zero-order valence-corrected chi connectivity index (χ0v) is 20.1. The summed E-state index contributed by atoms with van der Waals surface area (Å²) < 4.78 is 28.3. The summed E-state index contributed by atoms with van der Waals surface area (Å²) >= 11 is 0. The second-order valence-electron chi connectivity index (χ2n) is 8.18. The fourth-order valence-corrected chi connectivity index (χ4v) is 4.38. The quantitative estimate of drug-likeness (QED) is 0.485. The minimum absolute atomic E-state index is 0.0419. The van der Waals surface area contributed by atoms with Crippen molar-refractivity contribution in [3.05, 3.63) is 101 Å². The minimum Gasteiger partial charge on any atom is -0.333 e. The topological polar surface area (TPSA) is 93.5 Å². The Labute approximate surface area is 201 Å². The molecule has 0 saturated heterocycles. The molecular weight excluding hydrogens is 448 g/mol. The van der Waals surface area contributed by atoms with Crippen LogP contribution in [0.3, 0.4) is 0 Å². The molecule has 0 unspecified atom stereocenters. The van der Waals surface area contributed by atoms with Crippen molar-refractivity contribution in [2.75, 3.05) is 27.2 Å². The van der Waals surface area contributed by atoms with Crippen LogP contribution in [0.5, 0.6) is 0 Å². The smallest absolute Gasteiger partial charge is 0.254 e. The van der Waals surface area contributed by atoms with E-state index >= 15 is 0 Å². The van der Waals surface area contributed by atoms with E-state index in [0.717, 1.165) is 11.1 Å². The molecule has 0 aromatic heterocycles. The molecule has 3 rings (SSSR count). The Hall–Kier alpha value is -3.51. The average Bonchev–Trinajstić information content (AvgIpc) is 2.86. The Kier molecular flexibility index (Phi) is 8.55. The van der Waals surface area contributed by atoms with Crippen LogP contribution >= 0.6 is 0 Å². The van der Waals surface area contributed by atoms with Gasteiger partial charge in [0.1, 0.15) is 0 Å². The maximum Gasteiger partial charge on any atom is 0.254 e. The number of hydrogen-bond acceptors (Lipinski definition) is 5. The number of likely N-dealkylation sites (N-methyl/N-ethyl adjacent to an activating group) is 1. The molecule has 34 heavy (non-hydrogen) atoms. The Morgan fingerprint density at radius 1 is 0.912 bits per heavy atom. The molecule has 3 aromatic carbocycles. The third-order valence-corrected chi connectivity index (χ3v) is 6.66. The summed E-state index contributed by atoms with van der Waals surface area (Å²) in [6, 6.07) is 24.5. The summed E-state index contributed by atoms with van der Waals surface area (Å²) in [7, 11) is 0.0610. The molecule has 0 fully saturated rings. The molecule has 0 heterocycles. The zero-order valence-electron chi connectivity index (χ0n) is 19.3. The first-order valence-corrected chi connectivity index (χ1v) is 12.3. The van der Waals surface area contributed by atoms with Crippen LogP contribution in [0.25, 0.3) is 0 Å². The lowest BCUT2D eigenvalue weighted by atomic mass is 10.1. The number of carbonyl (C=O) groups excluding carboxylic acids is 1. The maximum atomic E-state index is 13.4. The third-order valence-electron chi connectivity index (χ3n) is 5.26. The SMILES string of the molecule is CN(C)CCN(Cc1ccc(C#N)cc1)C(=O)c1cccc(S(=O)(=O)NCc2ccccc2)c1. The van der Waals surface area contributed by atoms with E-state index < -0.39 is 10.0 Å². The first kappa shape index (κ1) is 25.1.